The minimum atomic E-state index is -0.0262. The fourth-order valence-corrected chi connectivity index (χ4v) is 4.63. The molecule has 5 nitrogen and oxygen atoms in total. The Morgan fingerprint density at radius 1 is 1.14 bits per heavy atom. The Kier molecular flexibility index (Phi) is 4.28. The van der Waals surface area contributed by atoms with Crippen molar-refractivity contribution < 1.29 is 4.79 Å². The summed E-state index contributed by atoms with van der Waals surface area (Å²) >= 11 is 1.43. The number of aromatic nitrogens is 3. The molecule has 0 bridgehead atoms. The van der Waals surface area contributed by atoms with E-state index in [1.165, 1.54) is 34.9 Å². The minimum Gasteiger partial charge on any atom is -0.351 e. The van der Waals surface area contributed by atoms with Gasteiger partial charge in [-0.15, -0.1) is 0 Å². The van der Waals surface area contributed by atoms with Crippen LogP contribution in [0.1, 0.15) is 23.1 Å². The molecule has 2 heterocycles. The maximum atomic E-state index is 12.5. The molecule has 0 unspecified atom stereocenters. The molecule has 2 aromatic heterocycles. The first-order valence-electron chi connectivity index (χ1n) is 9.45. The Morgan fingerprint density at radius 3 is 2.96 bits per heavy atom. The number of amides is 1. The highest BCUT2D eigenvalue weighted by Gasteiger charge is 2.14. The number of nitrogens with one attached hydrogen (secondary N) is 2. The molecule has 28 heavy (non-hydrogen) atoms. The molecule has 0 saturated carbocycles. The fourth-order valence-electron chi connectivity index (χ4n) is 3.87. The van der Waals surface area contributed by atoms with Crippen molar-refractivity contribution >= 4 is 45.3 Å². The predicted molar refractivity (Wildman–Crippen MR) is 114 cm³/mol. The molecule has 2 aromatic carbocycles. The van der Waals surface area contributed by atoms with E-state index >= 15 is 0 Å². The third-order valence-electron chi connectivity index (χ3n) is 5.22. The number of benzene rings is 2. The fraction of sp³-hybridized carbons (Fsp3) is 0.227. The molecule has 1 aliphatic rings. The van der Waals surface area contributed by atoms with Crippen LogP contribution < -0.4 is 5.32 Å². The quantitative estimate of drug-likeness (QED) is 0.395. The number of thioether (sulfide) groups is 1. The molecular formula is C22H20N4OS. The first-order valence-corrected chi connectivity index (χ1v) is 10.4. The summed E-state index contributed by atoms with van der Waals surface area (Å²) < 4.78 is 0. The molecule has 0 radical (unpaired) electrons. The van der Waals surface area contributed by atoms with Gasteiger partial charge in [0.1, 0.15) is 16.9 Å². The number of hydrogen-bond acceptors (Lipinski definition) is 4. The molecule has 6 heteroatoms. The third-order valence-corrected chi connectivity index (χ3v) is 6.21. The number of rotatable bonds is 4. The van der Waals surface area contributed by atoms with Crippen LogP contribution in [0.4, 0.5) is 5.69 Å². The van der Waals surface area contributed by atoms with E-state index in [2.05, 4.69) is 57.5 Å². The van der Waals surface area contributed by atoms with Crippen LogP contribution in [-0.4, -0.2) is 26.6 Å². The van der Waals surface area contributed by atoms with E-state index in [-0.39, 0.29) is 5.91 Å². The summed E-state index contributed by atoms with van der Waals surface area (Å²) in [6.07, 6.45) is 5.02. The lowest BCUT2D eigenvalue weighted by Gasteiger charge is -2.07. The highest BCUT2D eigenvalue weighted by atomic mass is 32.2. The summed E-state index contributed by atoms with van der Waals surface area (Å²) in [5, 5.41) is 4.89. The second-order valence-electron chi connectivity index (χ2n) is 7.25. The van der Waals surface area contributed by atoms with Gasteiger partial charge in [-0.3, -0.25) is 4.79 Å². The first kappa shape index (κ1) is 17.3. The second-order valence-corrected chi connectivity index (χ2v) is 8.21. The number of carbonyl (C=O) groups excluding carboxylic acids is 1. The summed E-state index contributed by atoms with van der Waals surface area (Å²) in [5.74, 6) is 0.277. The van der Waals surface area contributed by atoms with Crippen LogP contribution in [0, 0.1) is 6.92 Å². The van der Waals surface area contributed by atoms with Crippen LogP contribution in [0.2, 0.25) is 0 Å². The van der Waals surface area contributed by atoms with Crippen molar-refractivity contribution in [2.24, 2.45) is 0 Å². The van der Waals surface area contributed by atoms with Gasteiger partial charge in [0.25, 0.3) is 0 Å². The highest BCUT2D eigenvalue weighted by Crippen LogP contribution is 2.30. The number of carbonyl (C=O) groups is 1. The zero-order valence-electron chi connectivity index (χ0n) is 15.6. The van der Waals surface area contributed by atoms with Gasteiger partial charge in [-0.2, -0.15) is 0 Å². The lowest BCUT2D eigenvalue weighted by Crippen LogP contribution is -2.14. The minimum absolute atomic E-state index is 0.0262. The zero-order valence-corrected chi connectivity index (χ0v) is 16.4. The van der Waals surface area contributed by atoms with Gasteiger partial charge in [-0.25, -0.2) is 9.97 Å². The van der Waals surface area contributed by atoms with Crippen LogP contribution in [0.25, 0.3) is 21.9 Å². The monoisotopic (exact) mass is 388 g/mol. The lowest BCUT2D eigenvalue weighted by molar-refractivity contribution is -0.113. The number of fused-ring (bicyclic) bond motifs is 4. The molecule has 0 aliphatic heterocycles. The molecule has 0 spiro atoms. The van der Waals surface area contributed by atoms with E-state index in [0.29, 0.717) is 5.75 Å². The molecule has 0 saturated heterocycles. The Morgan fingerprint density at radius 2 is 2.04 bits per heavy atom. The van der Waals surface area contributed by atoms with Crippen LogP contribution in [0.5, 0.6) is 0 Å². The number of aryl methyl sites for hydroxylation is 3. The standard InChI is InChI=1S/C22H20N4OS/c1-13-5-8-18-17(9-13)20-21(26-18)22(24-12-23-20)28-11-19(27)25-16-7-6-14-3-2-4-15(14)10-16/h5-10,12,26H,2-4,11H2,1H3,(H,25,27). The number of aromatic amines is 1. The van der Waals surface area contributed by atoms with Gasteiger partial charge in [0.15, 0.2) is 0 Å². The molecule has 0 atom stereocenters. The van der Waals surface area contributed by atoms with E-state index in [4.69, 9.17) is 0 Å². The average Bonchev–Trinajstić information content (AvgIpc) is 3.30. The van der Waals surface area contributed by atoms with E-state index in [0.717, 1.165) is 45.5 Å². The van der Waals surface area contributed by atoms with Crippen molar-refractivity contribution in [2.45, 2.75) is 31.2 Å². The Hall–Kier alpha value is -2.86. The smallest absolute Gasteiger partial charge is 0.234 e. The number of nitrogens with zero attached hydrogens (tertiary/aromatic N) is 2. The number of anilines is 1. The average molecular weight is 388 g/mol. The van der Waals surface area contributed by atoms with Gasteiger partial charge < -0.3 is 10.3 Å². The van der Waals surface area contributed by atoms with Gasteiger partial charge in [-0.1, -0.05) is 29.5 Å². The van der Waals surface area contributed by atoms with E-state index in [1.54, 1.807) is 6.33 Å². The molecule has 5 rings (SSSR count). The maximum Gasteiger partial charge on any atom is 0.234 e. The molecule has 0 fully saturated rings. The van der Waals surface area contributed by atoms with Crippen LogP contribution in [0.3, 0.4) is 0 Å². The predicted octanol–water partition coefficient (Wildman–Crippen LogP) is 4.64. The molecule has 2 N–H and O–H groups in total. The van der Waals surface area contributed by atoms with Crippen molar-refractivity contribution in [3.05, 3.63) is 59.4 Å². The summed E-state index contributed by atoms with van der Waals surface area (Å²) in [4.78, 5) is 24.7. The van der Waals surface area contributed by atoms with Gasteiger partial charge in [-0.05, 0) is 61.6 Å². The summed E-state index contributed by atoms with van der Waals surface area (Å²) in [6, 6.07) is 12.5. The van der Waals surface area contributed by atoms with Gasteiger partial charge in [0.05, 0.1) is 11.3 Å². The van der Waals surface area contributed by atoms with Crippen molar-refractivity contribution in [3.8, 4) is 0 Å². The number of hydrogen-bond donors (Lipinski definition) is 2. The first-order chi connectivity index (χ1) is 13.7. The van der Waals surface area contributed by atoms with E-state index in [9.17, 15) is 4.79 Å². The van der Waals surface area contributed by atoms with Gasteiger partial charge in [0, 0.05) is 16.6 Å². The normalized spacial score (nSPS) is 13.2. The van der Waals surface area contributed by atoms with E-state index in [1.807, 2.05) is 6.07 Å². The summed E-state index contributed by atoms with van der Waals surface area (Å²) in [7, 11) is 0. The molecule has 140 valence electrons. The van der Waals surface area contributed by atoms with Crippen molar-refractivity contribution in [1.82, 2.24) is 15.0 Å². The summed E-state index contributed by atoms with van der Waals surface area (Å²) in [5.41, 5.74) is 7.65. The van der Waals surface area contributed by atoms with Crippen molar-refractivity contribution in [1.29, 1.82) is 0 Å². The topological polar surface area (TPSA) is 70.7 Å². The lowest BCUT2D eigenvalue weighted by atomic mass is 10.1. The number of H-pyrrole nitrogens is 1. The van der Waals surface area contributed by atoms with Gasteiger partial charge in [0.2, 0.25) is 5.91 Å². The van der Waals surface area contributed by atoms with Crippen molar-refractivity contribution in [3.63, 3.8) is 0 Å². The highest BCUT2D eigenvalue weighted by molar-refractivity contribution is 8.00. The maximum absolute atomic E-state index is 12.5. The molecule has 1 amide bonds. The van der Waals surface area contributed by atoms with Gasteiger partial charge >= 0.3 is 0 Å². The molecule has 4 aromatic rings. The molecule has 1 aliphatic carbocycles. The van der Waals surface area contributed by atoms with Crippen molar-refractivity contribution in [2.75, 3.05) is 11.1 Å². The summed E-state index contributed by atoms with van der Waals surface area (Å²) in [6.45, 7) is 2.07. The second kappa shape index (κ2) is 6.95. The van der Waals surface area contributed by atoms with Crippen LogP contribution in [0.15, 0.2) is 47.8 Å². The van der Waals surface area contributed by atoms with E-state index < -0.39 is 0 Å². The Bertz CT molecular complexity index is 1210. The zero-order chi connectivity index (χ0) is 19.1. The Balaban J connectivity index is 1.34. The van der Waals surface area contributed by atoms with Crippen LogP contribution in [-0.2, 0) is 17.6 Å². The molecular weight excluding hydrogens is 368 g/mol. The van der Waals surface area contributed by atoms with Crippen LogP contribution >= 0.6 is 11.8 Å². The largest absolute Gasteiger partial charge is 0.351 e. The third kappa shape index (κ3) is 3.14. The SMILES string of the molecule is Cc1ccc2[nH]c3c(SCC(=O)Nc4ccc5c(c4)CCC5)ncnc3c2c1. The Labute approximate surface area is 167 Å².